The smallest absolute Gasteiger partial charge is 0.249 e. The fourth-order valence-corrected chi connectivity index (χ4v) is 4.14. The third-order valence-electron chi connectivity index (χ3n) is 5.66. The summed E-state index contributed by atoms with van der Waals surface area (Å²) in [4.78, 5) is 38.9. The van der Waals surface area contributed by atoms with Crippen LogP contribution in [0.1, 0.15) is 37.0 Å². The Morgan fingerprint density at radius 2 is 1.81 bits per heavy atom. The second-order valence-corrected chi connectivity index (χ2v) is 8.82. The Morgan fingerprint density at radius 1 is 1.06 bits per heavy atom. The Kier molecular flexibility index (Phi) is 7.10. The van der Waals surface area contributed by atoms with Gasteiger partial charge in [0.15, 0.2) is 0 Å². The zero-order valence-corrected chi connectivity index (χ0v) is 19.2. The molecule has 2 amide bonds. The number of ketones is 1. The molecule has 1 atom stereocenters. The maximum Gasteiger partial charge on any atom is 0.249 e. The molecule has 3 rings (SSSR count). The number of primary amides is 1. The van der Waals surface area contributed by atoms with Crippen molar-refractivity contribution in [2.75, 3.05) is 17.7 Å². The van der Waals surface area contributed by atoms with Gasteiger partial charge in [-0.15, -0.1) is 11.3 Å². The molecule has 0 aliphatic rings. The van der Waals surface area contributed by atoms with Crippen LogP contribution in [0.15, 0.2) is 53.9 Å². The lowest BCUT2D eigenvalue weighted by Crippen LogP contribution is -2.27. The molecule has 2 aromatic carbocycles. The highest BCUT2D eigenvalue weighted by atomic mass is 32.1. The number of nitrogens with two attached hydrogens (primary N) is 2. The average molecular weight is 450 g/mol. The zero-order chi connectivity index (χ0) is 23.4. The van der Waals surface area contributed by atoms with Crippen molar-refractivity contribution >= 4 is 40.3 Å². The predicted octanol–water partition coefficient (Wildman–Crippen LogP) is 4.73. The molecule has 6 nitrogen and oxygen atoms in total. The molecule has 1 aromatic heterocycles. The molecule has 0 saturated heterocycles. The minimum atomic E-state index is -0.572. The minimum absolute atomic E-state index is 0.0645. The second-order valence-electron chi connectivity index (χ2n) is 7.88. The Bertz CT molecular complexity index is 1160. The molecule has 3 aromatic rings. The molecular weight excluding hydrogens is 422 g/mol. The molecule has 166 valence electrons. The van der Waals surface area contributed by atoms with Crippen molar-refractivity contribution in [1.29, 1.82) is 0 Å². The van der Waals surface area contributed by atoms with Gasteiger partial charge in [0.2, 0.25) is 11.8 Å². The summed E-state index contributed by atoms with van der Waals surface area (Å²) in [5.41, 5.74) is 15.6. The van der Waals surface area contributed by atoms with E-state index in [-0.39, 0.29) is 24.0 Å². The van der Waals surface area contributed by atoms with Gasteiger partial charge in [0.1, 0.15) is 5.78 Å². The van der Waals surface area contributed by atoms with E-state index in [1.165, 1.54) is 11.8 Å². The number of hydrogen-bond donors (Lipinski definition) is 2. The third-order valence-corrected chi connectivity index (χ3v) is 6.58. The summed E-state index contributed by atoms with van der Waals surface area (Å²) >= 11 is 1.61. The Labute approximate surface area is 191 Å². The van der Waals surface area contributed by atoms with Crippen LogP contribution in [0.4, 0.5) is 11.4 Å². The molecule has 0 aliphatic carbocycles. The average Bonchev–Trinajstić information content (AvgIpc) is 3.31. The van der Waals surface area contributed by atoms with Crippen LogP contribution in [0.2, 0.25) is 0 Å². The minimum Gasteiger partial charge on any atom is -0.398 e. The number of nitrogens with zero attached hydrogens (tertiary/aromatic N) is 1. The number of carbonyl (C=O) groups excluding carboxylic acids is 3. The Hall–Kier alpha value is -3.45. The molecule has 1 unspecified atom stereocenters. The van der Waals surface area contributed by atoms with Crippen molar-refractivity contribution in [3.05, 3.63) is 59.5 Å². The fourth-order valence-electron chi connectivity index (χ4n) is 3.42. The van der Waals surface area contributed by atoms with Gasteiger partial charge in [-0.2, -0.15) is 0 Å². The molecule has 32 heavy (non-hydrogen) atoms. The van der Waals surface area contributed by atoms with Crippen molar-refractivity contribution < 1.29 is 14.4 Å². The normalized spacial score (nSPS) is 11.7. The van der Waals surface area contributed by atoms with Crippen molar-refractivity contribution in [3.8, 4) is 21.6 Å². The molecule has 0 fully saturated rings. The molecular formula is C25H27N3O3S. The number of hydrogen-bond acceptors (Lipinski definition) is 5. The number of benzene rings is 2. The van der Waals surface area contributed by atoms with Crippen LogP contribution >= 0.6 is 11.3 Å². The van der Waals surface area contributed by atoms with E-state index in [1.807, 2.05) is 36.6 Å². The lowest BCUT2D eigenvalue weighted by atomic mass is 9.95. The molecule has 0 spiro atoms. The molecule has 0 aliphatic heterocycles. The summed E-state index contributed by atoms with van der Waals surface area (Å²) in [6, 6.07) is 14.7. The van der Waals surface area contributed by atoms with Crippen molar-refractivity contribution in [3.63, 3.8) is 0 Å². The van der Waals surface area contributed by atoms with Crippen LogP contribution in [-0.2, 0) is 9.59 Å². The van der Waals surface area contributed by atoms with Crippen LogP contribution in [0, 0.1) is 5.92 Å². The van der Waals surface area contributed by atoms with Crippen molar-refractivity contribution in [2.24, 2.45) is 11.7 Å². The summed E-state index contributed by atoms with van der Waals surface area (Å²) in [5.74, 6) is -0.789. The number of nitrogen functional groups attached to an aromatic ring is 1. The van der Waals surface area contributed by atoms with Gasteiger partial charge in [-0.05, 0) is 66.2 Å². The number of Topliss-reactive ketones (excluding diaryl/α,β-unsaturated/α-hetero) is 1. The number of amides is 2. The maximum absolute atomic E-state index is 12.7. The largest absolute Gasteiger partial charge is 0.398 e. The van der Waals surface area contributed by atoms with E-state index in [0.29, 0.717) is 34.5 Å². The van der Waals surface area contributed by atoms with Crippen molar-refractivity contribution in [2.45, 2.75) is 26.7 Å². The fraction of sp³-hybridized carbons (Fsp3) is 0.240. The monoisotopic (exact) mass is 449 g/mol. The van der Waals surface area contributed by atoms with E-state index in [1.54, 1.807) is 42.6 Å². The van der Waals surface area contributed by atoms with E-state index in [2.05, 4.69) is 0 Å². The molecule has 1 heterocycles. The maximum atomic E-state index is 12.7. The van der Waals surface area contributed by atoms with E-state index in [9.17, 15) is 14.4 Å². The summed E-state index contributed by atoms with van der Waals surface area (Å²) < 4.78 is 0. The van der Waals surface area contributed by atoms with Gasteiger partial charge >= 0.3 is 0 Å². The van der Waals surface area contributed by atoms with Gasteiger partial charge in [-0.3, -0.25) is 14.4 Å². The van der Waals surface area contributed by atoms with Gasteiger partial charge in [0, 0.05) is 46.8 Å². The topological polar surface area (TPSA) is 106 Å². The van der Waals surface area contributed by atoms with Gasteiger partial charge < -0.3 is 16.4 Å². The number of thiophene rings is 1. The lowest BCUT2D eigenvalue weighted by molar-refractivity contribution is -0.121. The summed E-state index contributed by atoms with van der Waals surface area (Å²) in [6.07, 6.45) is 0.737. The van der Waals surface area contributed by atoms with E-state index in [4.69, 9.17) is 11.5 Å². The second kappa shape index (κ2) is 9.78. The molecule has 0 saturated carbocycles. The summed E-state index contributed by atoms with van der Waals surface area (Å²) in [7, 11) is 1.68. The predicted molar refractivity (Wildman–Crippen MR) is 131 cm³/mol. The number of anilines is 2. The van der Waals surface area contributed by atoms with E-state index >= 15 is 0 Å². The molecule has 0 radical (unpaired) electrons. The Balaban J connectivity index is 1.99. The highest BCUT2D eigenvalue weighted by molar-refractivity contribution is 7.13. The first-order chi connectivity index (χ1) is 15.2. The van der Waals surface area contributed by atoms with E-state index in [0.717, 1.165) is 10.4 Å². The summed E-state index contributed by atoms with van der Waals surface area (Å²) in [5, 5.41) is 1.99. The van der Waals surface area contributed by atoms with Gasteiger partial charge in [-0.1, -0.05) is 19.1 Å². The van der Waals surface area contributed by atoms with Crippen LogP contribution in [0.5, 0.6) is 0 Å². The van der Waals surface area contributed by atoms with Crippen LogP contribution in [0.3, 0.4) is 0 Å². The van der Waals surface area contributed by atoms with Gasteiger partial charge in [-0.25, -0.2) is 0 Å². The number of rotatable bonds is 8. The van der Waals surface area contributed by atoms with Crippen molar-refractivity contribution in [1.82, 2.24) is 0 Å². The lowest BCUT2D eigenvalue weighted by Gasteiger charge is -2.21. The molecule has 7 heteroatoms. The first kappa shape index (κ1) is 23.2. The van der Waals surface area contributed by atoms with Gasteiger partial charge in [0.25, 0.3) is 0 Å². The zero-order valence-electron chi connectivity index (χ0n) is 18.4. The third kappa shape index (κ3) is 5.06. The van der Waals surface area contributed by atoms with Gasteiger partial charge in [0.05, 0.1) is 0 Å². The Morgan fingerprint density at radius 3 is 2.44 bits per heavy atom. The van der Waals surface area contributed by atoms with Crippen LogP contribution in [-0.4, -0.2) is 24.6 Å². The summed E-state index contributed by atoms with van der Waals surface area (Å²) in [6.45, 7) is 3.35. The highest BCUT2D eigenvalue weighted by Crippen LogP contribution is 2.36. The van der Waals surface area contributed by atoms with Crippen LogP contribution < -0.4 is 16.4 Å². The number of carbonyl (C=O) groups is 3. The first-order valence-electron chi connectivity index (χ1n) is 10.3. The quantitative estimate of drug-likeness (QED) is 0.485. The van der Waals surface area contributed by atoms with Crippen LogP contribution in [0.25, 0.3) is 21.6 Å². The first-order valence-corrected chi connectivity index (χ1v) is 11.2. The highest BCUT2D eigenvalue weighted by Gasteiger charge is 2.19. The molecule has 0 bridgehead atoms. The molecule has 4 N–H and O–H groups in total. The standard InChI is InChI=1S/C25H27N3O3S/c1-15(16(2)29)6-11-24(30)28(3)18-8-9-19(25(27)31)20(14-18)21-13-17(7-10-22(21)26)23-5-4-12-32-23/h4-5,7-10,12-15H,6,11,26H2,1-3H3,(H2,27,31). The van der Waals surface area contributed by atoms with E-state index < -0.39 is 5.91 Å². The SMILES string of the molecule is CC(=O)C(C)CCC(=O)N(C)c1ccc(C(N)=O)c(-c2cc(-c3cccs3)ccc2N)c1.